The third-order valence-electron chi connectivity index (χ3n) is 4.51. The molecular formula is C16H26N4O2. The van der Waals surface area contributed by atoms with Gasteiger partial charge in [0.1, 0.15) is 5.69 Å². The number of hydrogen-bond acceptors (Lipinski definition) is 4. The van der Waals surface area contributed by atoms with Crippen molar-refractivity contribution in [3.63, 3.8) is 0 Å². The van der Waals surface area contributed by atoms with Gasteiger partial charge in [0.15, 0.2) is 0 Å². The summed E-state index contributed by atoms with van der Waals surface area (Å²) < 4.78 is 5.69. The summed E-state index contributed by atoms with van der Waals surface area (Å²) in [7, 11) is 0. The lowest BCUT2D eigenvalue weighted by Gasteiger charge is -2.35. The van der Waals surface area contributed by atoms with Crippen molar-refractivity contribution in [1.29, 1.82) is 0 Å². The van der Waals surface area contributed by atoms with E-state index >= 15 is 0 Å². The molecule has 0 radical (unpaired) electrons. The van der Waals surface area contributed by atoms with Crippen molar-refractivity contribution in [2.24, 2.45) is 0 Å². The molecule has 0 unspecified atom stereocenters. The van der Waals surface area contributed by atoms with E-state index in [2.05, 4.69) is 22.0 Å². The molecule has 6 heteroatoms. The quantitative estimate of drug-likeness (QED) is 0.891. The fourth-order valence-corrected chi connectivity index (χ4v) is 3.24. The number of nitrogens with zero attached hydrogens (tertiary/aromatic N) is 3. The molecule has 0 saturated carbocycles. The Labute approximate surface area is 131 Å². The van der Waals surface area contributed by atoms with E-state index in [1.165, 1.54) is 12.8 Å². The van der Waals surface area contributed by atoms with Crippen molar-refractivity contribution in [3.05, 3.63) is 17.5 Å². The number of aromatic nitrogens is 2. The molecule has 3 rings (SSSR count). The molecule has 1 atom stereocenters. The molecule has 6 nitrogen and oxygen atoms in total. The van der Waals surface area contributed by atoms with Crippen LogP contribution in [0.15, 0.2) is 6.07 Å². The van der Waals surface area contributed by atoms with Gasteiger partial charge in [-0.2, -0.15) is 5.10 Å². The lowest BCUT2D eigenvalue weighted by molar-refractivity contribution is 0.0430. The minimum absolute atomic E-state index is 0.0513. The maximum absolute atomic E-state index is 12.5. The summed E-state index contributed by atoms with van der Waals surface area (Å²) >= 11 is 0. The van der Waals surface area contributed by atoms with Crippen LogP contribution < -0.4 is 0 Å². The van der Waals surface area contributed by atoms with Gasteiger partial charge in [-0.25, -0.2) is 0 Å². The second-order valence-electron chi connectivity index (χ2n) is 6.26. The van der Waals surface area contributed by atoms with Gasteiger partial charge in [0.25, 0.3) is 5.91 Å². The molecule has 1 amide bonds. The number of rotatable bonds is 5. The van der Waals surface area contributed by atoms with Crippen LogP contribution in [-0.2, 0) is 11.2 Å². The molecule has 22 heavy (non-hydrogen) atoms. The van der Waals surface area contributed by atoms with Crippen molar-refractivity contribution in [3.8, 4) is 0 Å². The number of piperazine rings is 1. The molecule has 0 bridgehead atoms. The Balaban J connectivity index is 1.48. The Hall–Kier alpha value is -1.40. The standard InChI is InChI=1S/C16H26N4O2/c1-2-4-13-11-15(18-17-13)16(21)20-8-6-19(7-9-20)12-14-5-3-10-22-14/h11,14H,2-10,12H2,1H3,(H,17,18)/t14-/m0/s1. The van der Waals surface area contributed by atoms with Gasteiger partial charge in [-0.3, -0.25) is 14.8 Å². The zero-order valence-corrected chi connectivity index (χ0v) is 13.4. The lowest BCUT2D eigenvalue weighted by Crippen LogP contribution is -2.50. The topological polar surface area (TPSA) is 61.5 Å². The maximum atomic E-state index is 12.5. The summed E-state index contributed by atoms with van der Waals surface area (Å²) in [6, 6.07) is 1.89. The van der Waals surface area contributed by atoms with Crippen molar-refractivity contribution in [2.75, 3.05) is 39.3 Å². The molecule has 0 spiro atoms. The molecule has 3 heterocycles. The third kappa shape index (κ3) is 3.67. The molecule has 1 N–H and O–H groups in total. The highest BCUT2D eigenvalue weighted by atomic mass is 16.5. The minimum Gasteiger partial charge on any atom is -0.377 e. The summed E-state index contributed by atoms with van der Waals surface area (Å²) in [6.07, 6.45) is 4.74. The molecule has 1 aromatic rings. The van der Waals surface area contributed by atoms with Crippen LogP contribution in [0.1, 0.15) is 42.4 Å². The predicted octanol–water partition coefficient (Wildman–Crippen LogP) is 1.30. The summed E-state index contributed by atoms with van der Waals surface area (Å²) in [5.74, 6) is 0.0513. The maximum Gasteiger partial charge on any atom is 0.274 e. The van der Waals surface area contributed by atoms with E-state index in [4.69, 9.17) is 4.74 Å². The van der Waals surface area contributed by atoms with Crippen molar-refractivity contribution in [1.82, 2.24) is 20.0 Å². The number of aromatic amines is 1. The molecular weight excluding hydrogens is 280 g/mol. The van der Waals surface area contributed by atoms with E-state index in [-0.39, 0.29) is 5.91 Å². The first-order chi connectivity index (χ1) is 10.8. The Morgan fingerprint density at radius 2 is 2.23 bits per heavy atom. The van der Waals surface area contributed by atoms with E-state index in [1.807, 2.05) is 11.0 Å². The monoisotopic (exact) mass is 306 g/mol. The van der Waals surface area contributed by atoms with Gasteiger partial charge >= 0.3 is 0 Å². The highest BCUT2D eigenvalue weighted by molar-refractivity contribution is 5.92. The van der Waals surface area contributed by atoms with Gasteiger partial charge < -0.3 is 9.64 Å². The number of H-pyrrole nitrogens is 1. The smallest absolute Gasteiger partial charge is 0.274 e. The van der Waals surface area contributed by atoms with Crippen molar-refractivity contribution < 1.29 is 9.53 Å². The van der Waals surface area contributed by atoms with Gasteiger partial charge in [-0.05, 0) is 25.3 Å². The lowest BCUT2D eigenvalue weighted by atomic mass is 10.2. The summed E-state index contributed by atoms with van der Waals surface area (Å²) in [6.45, 7) is 7.45. The van der Waals surface area contributed by atoms with E-state index in [0.29, 0.717) is 11.8 Å². The molecule has 0 aliphatic carbocycles. The van der Waals surface area contributed by atoms with Crippen LogP contribution in [-0.4, -0.2) is 71.3 Å². The minimum atomic E-state index is 0.0513. The zero-order valence-electron chi connectivity index (χ0n) is 13.4. The summed E-state index contributed by atoms with van der Waals surface area (Å²) in [5.41, 5.74) is 1.60. The molecule has 2 saturated heterocycles. The van der Waals surface area contributed by atoms with Crippen molar-refractivity contribution >= 4 is 5.91 Å². The van der Waals surface area contributed by atoms with Crippen LogP contribution in [0.3, 0.4) is 0 Å². The van der Waals surface area contributed by atoms with Crippen molar-refractivity contribution in [2.45, 2.75) is 38.7 Å². The largest absolute Gasteiger partial charge is 0.377 e. The molecule has 2 fully saturated rings. The van der Waals surface area contributed by atoms with Gasteiger partial charge in [-0.1, -0.05) is 13.3 Å². The third-order valence-corrected chi connectivity index (χ3v) is 4.51. The number of hydrogen-bond donors (Lipinski definition) is 1. The summed E-state index contributed by atoms with van der Waals surface area (Å²) in [4.78, 5) is 16.8. The van der Waals surface area contributed by atoms with E-state index in [9.17, 15) is 4.79 Å². The van der Waals surface area contributed by atoms with Crippen LogP contribution >= 0.6 is 0 Å². The Kier molecular flexibility index (Phi) is 5.10. The zero-order chi connectivity index (χ0) is 15.4. The SMILES string of the molecule is CCCc1cc(C(=O)N2CCN(C[C@@H]3CCCO3)CC2)n[nH]1. The van der Waals surface area contributed by atoms with E-state index < -0.39 is 0 Å². The average molecular weight is 306 g/mol. The van der Waals surface area contributed by atoms with Gasteiger partial charge in [-0.15, -0.1) is 0 Å². The second-order valence-corrected chi connectivity index (χ2v) is 6.26. The normalized spacial score (nSPS) is 23.1. The number of aryl methyl sites for hydroxylation is 1. The Bertz CT molecular complexity index is 488. The first-order valence-corrected chi connectivity index (χ1v) is 8.43. The Morgan fingerprint density at radius 3 is 2.91 bits per heavy atom. The fraction of sp³-hybridized carbons (Fsp3) is 0.750. The summed E-state index contributed by atoms with van der Waals surface area (Å²) in [5, 5.41) is 7.12. The van der Waals surface area contributed by atoms with Crippen LogP contribution in [0, 0.1) is 0 Å². The van der Waals surface area contributed by atoms with Crippen LogP contribution in [0.5, 0.6) is 0 Å². The Morgan fingerprint density at radius 1 is 1.41 bits per heavy atom. The number of nitrogens with one attached hydrogen (secondary N) is 1. The molecule has 2 aliphatic heterocycles. The first-order valence-electron chi connectivity index (χ1n) is 8.43. The van der Waals surface area contributed by atoms with E-state index in [0.717, 1.165) is 57.9 Å². The molecule has 2 aliphatic rings. The van der Waals surface area contributed by atoms with Gasteiger partial charge in [0.05, 0.1) is 6.10 Å². The highest BCUT2D eigenvalue weighted by Crippen LogP contribution is 2.15. The van der Waals surface area contributed by atoms with E-state index in [1.54, 1.807) is 0 Å². The molecule has 0 aromatic carbocycles. The number of carbonyl (C=O) groups is 1. The highest BCUT2D eigenvalue weighted by Gasteiger charge is 2.26. The first kappa shape index (κ1) is 15.5. The van der Waals surface area contributed by atoms with Crippen LogP contribution in [0.4, 0.5) is 0 Å². The average Bonchev–Trinajstić information content (AvgIpc) is 3.20. The second kappa shape index (κ2) is 7.24. The van der Waals surface area contributed by atoms with Crippen LogP contribution in [0.25, 0.3) is 0 Å². The number of carbonyl (C=O) groups excluding carboxylic acids is 1. The predicted molar refractivity (Wildman–Crippen MR) is 83.9 cm³/mol. The fourth-order valence-electron chi connectivity index (χ4n) is 3.24. The molecule has 1 aromatic heterocycles. The number of amides is 1. The van der Waals surface area contributed by atoms with Gasteiger partial charge in [0, 0.05) is 45.0 Å². The van der Waals surface area contributed by atoms with Gasteiger partial charge in [0.2, 0.25) is 0 Å². The molecule has 122 valence electrons. The number of ether oxygens (including phenoxy) is 1. The van der Waals surface area contributed by atoms with Crippen LogP contribution in [0.2, 0.25) is 0 Å².